The highest BCUT2D eigenvalue weighted by Gasteiger charge is 2.24. The van der Waals surface area contributed by atoms with Crippen molar-refractivity contribution in [1.29, 1.82) is 0 Å². The number of nitrogens with one attached hydrogen (secondary N) is 1. The number of hydrogen-bond donors (Lipinski definition) is 1. The van der Waals surface area contributed by atoms with Gasteiger partial charge in [0.05, 0.1) is 5.69 Å². The van der Waals surface area contributed by atoms with E-state index in [2.05, 4.69) is 46.6 Å². The third kappa shape index (κ3) is 3.88. The van der Waals surface area contributed by atoms with Crippen LogP contribution in [0.1, 0.15) is 35.5 Å². The summed E-state index contributed by atoms with van der Waals surface area (Å²) in [5.41, 5.74) is 3.78. The fourth-order valence-electron chi connectivity index (χ4n) is 2.94. The molecule has 1 N–H and O–H groups in total. The molecule has 0 aliphatic carbocycles. The molecule has 120 valence electrons. The number of hydrogen-bond acceptors (Lipinski definition) is 4. The number of benzene rings is 1. The zero-order valence-corrected chi connectivity index (χ0v) is 14.0. The molecule has 1 aromatic heterocycles. The molecule has 5 heteroatoms. The largest absolute Gasteiger partial charge is 0.361 e. The van der Waals surface area contributed by atoms with Crippen molar-refractivity contribution in [3.8, 4) is 0 Å². The lowest BCUT2D eigenvalue weighted by atomic mass is 10.0. The van der Waals surface area contributed by atoms with Gasteiger partial charge >= 0.3 is 0 Å². The van der Waals surface area contributed by atoms with Crippen LogP contribution in [0.4, 0.5) is 0 Å². The zero-order chi connectivity index (χ0) is 14.7. The maximum absolute atomic E-state index is 5.18. The molecule has 3 rings (SSSR count). The number of piperazine rings is 1. The summed E-state index contributed by atoms with van der Waals surface area (Å²) < 4.78 is 5.18. The lowest BCUT2D eigenvalue weighted by Gasteiger charge is -2.36. The summed E-state index contributed by atoms with van der Waals surface area (Å²) >= 11 is 0. The van der Waals surface area contributed by atoms with Crippen LogP contribution in [0, 0.1) is 6.92 Å². The van der Waals surface area contributed by atoms with Crippen molar-refractivity contribution in [2.45, 2.75) is 32.9 Å². The molecule has 4 nitrogen and oxygen atoms in total. The second kappa shape index (κ2) is 7.77. The van der Waals surface area contributed by atoms with Crippen molar-refractivity contribution < 1.29 is 4.52 Å². The van der Waals surface area contributed by atoms with E-state index in [1.807, 2.05) is 13.0 Å². The van der Waals surface area contributed by atoms with Crippen molar-refractivity contribution in [1.82, 2.24) is 15.4 Å². The lowest BCUT2D eigenvalue weighted by molar-refractivity contribution is 0.150. The van der Waals surface area contributed by atoms with Gasteiger partial charge in [0.2, 0.25) is 0 Å². The third-order valence-corrected chi connectivity index (χ3v) is 4.17. The minimum Gasteiger partial charge on any atom is -0.361 e. The van der Waals surface area contributed by atoms with Crippen LogP contribution in [0.25, 0.3) is 0 Å². The molecule has 22 heavy (non-hydrogen) atoms. The first-order valence-electron chi connectivity index (χ1n) is 7.72. The highest BCUT2D eigenvalue weighted by Crippen LogP contribution is 2.24. The quantitative estimate of drug-likeness (QED) is 0.939. The fraction of sp³-hybridized carbons (Fsp3) is 0.471. The van der Waals surface area contributed by atoms with Gasteiger partial charge in [-0.1, -0.05) is 36.3 Å². The molecule has 2 heterocycles. The van der Waals surface area contributed by atoms with Crippen LogP contribution in [0.3, 0.4) is 0 Å². The fourth-order valence-corrected chi connectivity index (χ4v) is 2.94. The van der Waals surface area contributed by atoms with E-state index < -0.39 is 0 Å². The SMILES string of the molecule is CCc1ccc(C2CNCCN2Cc2cc(C)on2)cc1.Cl. The predicted molar refractivity (Wildman–Crippen MR) is 90.3 cm³/mol. The van der Waals surface area contributed by atoms with Crippen LogP contribution in [0.2, 0.25) is 0 Å². The predicted octanol–water partition coefficient (Wildman–Crippen LogP) is 3.11. The molecule has 1 aromatic carbocycles. The summed E-state index contributed by atoms with van der Waals surface area (Å²) in [4.78, 5) is 2.48. The van der Waals surface area contributed by atoms with Crippen molar-refractivity contribution in [3.63, 3.8) is 0 Å². The highest BCUT2D eigenvalue weighted by atomic mass is 35.5. The molecular weight excluding hydrogens is 298 g/mol. The second-order valence-corrected chi connectivity index (χ2v) is 5.71. The maximum atomic E-state index is 5.18. The Bertz CT molecular complexity index is 582. The van der Waals surface area contributed by atoms with E-state index in [4.69, 9.17) is 4.52 Å². The van der Waals surface area contributed by atoms with E-state index in [9.17, 15) is 0 Å². The Balaban J connectivity index is 0.00000176. The number of rotatable bonds is 4. The highest BCUT2D eigenvalue weighted by molar-refractivity contribution is 5.85. The maximum Gasteiger partial charge on any atom is 0.133 e. The normalized spacial score (nSPS) is 18.9. The standard InChI is InChI=1S/C17H23N3O.ClH/c1-3-14-4-6-15(7-5-14)17-11-18-8-9-20(17)12-16-10-13(2)21-19-16;/h4-7,10,17-18H,3,8-9,11-12H2,1-2H3;1H. The van der Waals surface area contributed by atoms with Crippen LogP contribution in [0.15, 0.2) is 34.9 Å². The summed E-state index contributed by atoms with van der Waals surface area (Å²) in [5, 5.41) is 7.63. The molecule has 0 bridgehead atoms. The van der Waals surface area contributed by atoms with Gasteiger partial charge in [0.1, 0.15) is 5.76 Å². The van der Waals surface area contributed by atoms with E-state index in [1.165, 1.54) is 11.1 Å². The molecule has 1 atom stereocenters. The Kier molecular flexibility index (Phi) is 6.00. The summed E-state index contributed by atoms with van der Waals surface area (Å²) in [6.07, 6.45) is 1.09. The van der Waals surface area contributed by atoms with Gasteiger partial charge in [0, 0.05) is 38.3 Å². The minimum absolute atomic E-state index is 0. The van der Waals surface area contributed by atoms with Gasteiger partial charge in [-0.25, -0.2) is 0 Å². The lowest BCUT2D eigenvalue weighted by Crippen LogP contribution is -2.45. The molecule has 1 saturated heterocycles. The molecule has 0 amide bonds. The van der Waals surface area contributed by atoms with Crippen LogP contribution in [-0.2, 0) is 13.0 Å². The monoisotopic (exact) mass is 321 g/mol. The van der Waals surface area contributed by atoms with Crippen LogP contribution in [0.5, 0.6) is 0 Å². The number of nitrogens with zero attached hydrogens (tertiary/aromatic N) is 2. The molecule has 1 aliphatic heterocycles. The summed E-state index contributed by atoms with van der Waals surface area (Å²) in [5.74, 6) is 0.879. The molecule has 1 aliphatic rings. The van der Waals surface area contributed by atoms with Gasteiger partial charge in [0.25, 0.3) is 0 Å². The minimum atomic E-state index is 0. The van der Waals surface area contributed by atoms with Crippen molar-refractivity contribution >= 4 is 12.4 Å². The van der Waals surface area contributed by atoms with Gasteiger partial charge in [-0.05, 0) is 24.5 Å². The average molecular weight is 322 g/mol. The molecule has 1 unspecified atom stereocenters. The van der Waals surface area contributed by atoms with Crippen LogP contribution >= 0.6 is 12.4 Å². The first-order chi connectivity index (χ1) is 10.3. The smallest absolute Gasteiger partial charge is 0.133 e. The van der Waals surface area contributed by atoms with Crippen molar-refractivity contribution in [2.75, 3.05) is 19.6 Å². The molecule has 0 spiro atoms. The first-order valence-corrected chi connectivity index (χ1v) is 7.72. The molecule has 0 saturated carbocycles. The van der Waals surface area contributed by atoms with Crippen LogP contribution < -0.4 is 5.32 Å². The second-order valence-electron chi connectivity index (χ2n) is 5.71. The van der Waals surface area contributed by atoms with Gasteiger partial charge in [-0.15, -0.1) is 12.4 Å². The molecular formula is C17H24ClN3O. The van der Waals surface area contributed by atoms with E-state index >= 15 is 0 Å². The van der Waals surface area contributed by atoms with Crippen molar-refractivity contribution in [3.05, 3.63) is 52.9 Å². The Hall–Kier alpha value is -1.36. The number of aryl methyl sites for hydroxylation is 2. The van der Waals surface area contributed by atoms with Gasteiger partial charge in [-0.2, -0.15) is 0 Å². The molecule has 0 radical (unpaired) electrons. The Morgan fingerprint density at radius 1 is 1.32 bits per heavy atom. The van der Waals surface area contributed by atoms with E-state index in [1.54, 1.807) is 0 Å². The number of aromatic nitrogens is 1. The molecule has 1 fully saturated rings. The van der Waals surface area contributed by atoms with E-state index in [0.717, 1.165) is 44.1 Å². The summed E-state index contributed by atoms with van der Waals surface area (Å²) in [6.45, 7) is 8.03. The number of halogens is 1. The Morgan fingerprint density at radius 3 is 2.73 bits per heavy atom. The zero-order valence-electron chi connectivity index (χ0n) is 13.2. The first kappa shape index (κ1) is 17.0. The van der Waals surface area contributed by atoms with Crippen molar-refractivity contribution in [2.24, 2.45) is 0 Å². The van der Waals surface area contributed by atoms with Crippen LogP contribution in [-0.4, -0.2) is 29.7 Å². The Labute approximate surface area is 138 Å². The Morgan fingerprint density at radius 2 is 2.09 bits per heavy atom. The summed E-state index contributed by atoms with van der Waals surface area (Å²) in [7, 11) is 0. The third-order valence-electron chi connectivity index (χ3n) is 4.17. The van der Waals surface area contributed by atoms with Gasteiger partial charge in [0.15, 0.2) is 0 Å². The van der Waals surface area contributed by atoms with Gasteiger partial charge < -0.3 is 9.84 Å². The van der Waals surface area contributed by atoms with Gasteiger partial charge in [-0.3, -0.25) is 4.90 Å². The topological polar surface area (TPSA) is 41.3 Å². The average Bonchev–Trinajstić information content (AvgIpc) is 2.93. The van der Waals surface area contributed by atoms with E-state index in [0.29, 0.717) is 6.04 Å². The summed E-state index contributed by atoms with van der Waals surface area (Å²) in [6, 6.07) is 11.4. The van der Waals surface area contributed by atoms with E-state index in [-0.39, 0.29) is 12.4 Å². The molecule has 2 aromatic rings.